The molecule has 2 aromatic rings. The average molecular weight is 505 g/mol. The zero-order valence-electron chi connectivity index (χ0n) is 17.5. The van der Waals surface area contributed by atoms with Crippen LogP contribution in [0.2, 0.25) is 13.3 Å². The van der Waals surface area contributed by atoms with E-state index in [1.165, 1.54) is 67.7 Å². The maximum absolute atomic E-state index is 12.6. The summed E-state index contributed by atoms with van der Waals surface area (Å²) in [4.78, 5) is 0. The molecule has 0 saturated carbocycles. The van der Waals surface area contributed by atoms with Gasteiger partial charge in [0, 0.05) is 0 Å². The van der Waals surface area contributed by atoms with Gasteiger partial charge in [-0.3, -0.25) is 0 Å². The molecule has 7 heteroatoms. The van der Waals surface area contributed by atoms with Crippen LogP contribution in [0.5, 0.6) is 5.75 Å². The third-order valence-corrected chi connectivity index (χ3v) is 20.7. The second-order valence-electron chi connectivity index (χ2n) is 7.79. The second kappa shape index (κ2) is 10.2. The van der Waals surface area contributed by atoms with Crippen molar-refractivity contribution >= 4 is 33.0 Å². The fourth-order valence-electron chi connectivity index (χ4n) is 4.10. The number of hydrogen-bond donors (Lipinski definition) is 0. The molecule has 1 aromatic carbocycles. The van der Waals surface area contributed by atoms with E-state index in [-0.39, 0.29) is 5.75 Å². The molecule has 2 rings (SSSR count). The van der Waals surface area contributed by atoms with Gasteiger partial charge in [0.2, 0.25) is 0 Å². The van der Waals surface area contributed by atoms with Crippen LogP contribution in [-0.2, 0) is 7.05 Å². The van der Waals surface area contributed by atoms with Crippen molar-refractivity contribution in [3.05, 3.63) is 18.2 Å². The van der Waals surface area contributed by atoms with E-state index in [2.05, 4.69) is 25.5 Å². The second-order valence-corrected chi connectivity index (χ2v) is 20.7. The quantitative estimate of drug-likeness (QED) is 0.325. The molecule has 0 spiro atoms. The first-order valence-electron chi connectivity index (χ1n) is 10.5. The number of alkyl halides is 3. The Morgan fingerprint density at radius 3 is 1.96 bits per heavy atom. The molecule has 0 atom stereocenters. The van der Waals surface area contributed by atoms with Gasteiger partial charge in [-0.25, -0.2) is 0 Å². The fraction of sp³-hybridized carbons (Fsp3) is 0.667. The van der Waals surface area contributed by atoms with Gasteiger partial charge in [-0.05, 0) is 0 Å². The molecule has 0 radical (unpaired) electrons. The van der Waals surface area contributed by atoms with Crippen molar-refractivity contribution in [3.63, 3.8) is 0 Å². The summed E-state index contributed by atoms with van der Waals surface area (Å²) in [6.45, 7) is 6.69. The van der Waals surface area contributed by atoms with Crippen LogP contribution in [0.15, 0.2) is 18.2 Å². The summed E-state index contributed by atoms with van der Waals surface area (Å²) >= 11 is -2.77. The summed E-state index contributed by atoms with van der Waals surface area (Å²) in [5, 5.41) is 5.97. The number of nitrogens with zero attached hydrogens (tertiary/aromatic N) is 2. The summed E-state index contributed by atoms with van der Waals surface area (Å²) < 4.78 is 48.8. The standard InChI is InChI=1S/C9H6F3N2O.3C4H9.Sn/c1-14-8-4-7(15-9(10,11)12)3-2-6(8)5-13-14;3*1-3-4-2;/h2-4H,1H3;3*1,3-4H2,2H3;. The Morgan fingerprint density at radius 2 is 1.50 bits per heavy atom. The van der Waals surface area contributed by atoms with E-state index in [1.807, 2.05) is 7.05 Å². The van der Waals surface area contributed by atoms with Gasteiger partial charge < -0.3 is 0 Å². The normalized spacial score (nSPS) is 12.7. The molecule has 0 bridgehead atoms. The molecule has 28 heavy (non-hydrogen) atoms. The van der Waals surface area contributed by atoms with E-state index < -0.39 is 24.7 Å². The van der Waals surface area contributed by atoms with Crippen LogP contribution in [-0.4, -0.2) is 34.5 Å². The van der Waals surface area contributed by atoms with Crippen LogP contribution in [0.3, 0.4) is 0 Å². The van der Waals surface area contributed by atoms with Crippen LogP contribution >= 0.6 is 0 Å². The van der Waals surface area contributed by atoms with E-state index in [9.17, 15) is 13.2 Å². The van der Waals surface area contributed by atoms with Crippen molar-refractivity contribution in [1.29, 1.82) is 0 Å². The molecule has 0 aliphatic carbocycles. The van der Waals surface area contributed by atoms with Gasteiger partial charge in [-0.2, -0.15) is 0 Å². The predicted octanol–water partition coefficient (Wildman–Crippen LogP) is 6.53. The van der Waals surface area contributed by atoms with Crippen molar-refractivity contribution in [2.45, 2.75) is 79.0 Å². The Morgan fingerprint density at radius 1 is 0.964 bits per heavy atom. The van der Waals surface area contributed by atoms with Crippen molar-refractivity contribution in [3.8, 4) is 5.75 Å². The van der Waals surface area contributed by atoms with E-state index >= 15 is 0 Å². The summed E-state index contributed by atoms with van der Waals surface area (Å²) in [7, 11) is 1.83. The van der Waals surface area contributed by atoms with Crippen LogP contribution < -0.4 is 8.45 Å². The summed E-state index contributed by atoms with van der Waals surface area (Å²) in [5.41, 5.74) is 0.738. The fourth-order valence-corrected chi connectivity index (χ4v) is 20.4. The minimum absolute atomic E-state index is 0.175. The molecule has 0 unspecified atom stereocenters. The number of rotatable bonds is 11. The SMILES string of the molecule is CCC[CH2][Sn]([CH2]CCC)([CH2]CCC)[c]1nn(C)c2cc(OC(F)(F)F)ccc12. The number of unbranched alkanes of at least 4 members (excludes halogenated alkanes) is 3. The Kier molecular flexibility index (Phi) is 8.52. The minimum atomic E-state index is -4.68. The van der Waals surface area contributed by atoms with Crippen LogP contribution in [0, 0.1) is 0 Å². The monoisotopic (exact) mass is 506 g/mol. The average Bonchev–Trinajstić information content (AvgIpc) is 2.97. The molecule has 0 aliphatic rings. The van der Waals surface area contributed by atoms with E-state index in [0.29, 0.717) is 0 Å². The van der Waals surface area contributed by atoms with Gasteiger partial charge >= 0.3 is 171 Å². The van der Waals surface area contributed by atoms with E-state index in [1.54, 1.807) is 10.7 Å². The number of hydrogen-bond acceptors (Lipinski definition) is 2. The summed E-state index contributed by atoms with van der Waals surface area (Å²) in [6, 6.07) is 4.72. The van der Waals surface area contributed by atoms with Crippen LogP contribution in [0.25, 0.3) is 10.9 Å². The zero-order chi connectivity index (χ0) is 20.8. The van der Waals surface area contributed by atoms with E-state index in [0.717, 1.165) is 10.9 Å². The molecule has 0 amide bonds. The third-order valence-electron chi connectivity index (χ3n) is 5.59. The third kappa shape index (κ3) is 5.80. The molecular weight excluding hydrogens is 472 g/mol. The van der Waals surface area contributed by atoms with Crippen molar-refractivity contribution < 1.29 is 17.9 Å². The molecule has 0 fully saturated rings. The number of aryl methyl sites for hydroxylation is 1. The number of fused-ring (bicyclic) bond motifs is 1. The van der Waals surface area contributed by atoms with Crippen LogP contribution in [0.1, 0.15) is 59.3 Å². The number of ether oxygens (including phenoxy) is 1. The Bertz CT molecular complexity index is 736. The first-order valence-corrected chi connectivity index (χ1v) is 18.0. The zero-order valence-corrected chi connectivity index (χ0v) is 20.4. The van der Waals surface area contributed by atoms with Gasteiger partial charge in [0.1, 0.15) is 0 Å². The summed E-state index contributed by atoms with van der Waals surface area (Å²) in [5.74, 6) is -0.175. The maximum atomic E-state index is 12.6. The van der Waals surface area contributed by atoms with Crippen molar-refractivity contribution in [2.75, 3.05) is 0 Å². The molecular formula is C21H33F3N2OSn. The first kappa shape index (κ1) is 23.4. The number of benzene rings is 1. The Hall–Kier alpha value is -0.921. The van der Waals surface area contributed by atoms with Gasteiger partial charge in [-0.15, -0.1) is 0 Å². The van der Waals surface area contributed by atoms with Gasteiger partial charge in [0.05, 0.1) is 0 Å². The topological polar surface area (TPSA) is 27.1 Å². The molecule has 0 aliphatic heterocycles. The van der Waals surface area contributed by atoms with E-state index in [4.69, 9.17) is 5.10 Å². The predicted molar refractivity (Wildman–Crippen MR) is 112 cm³/mol. The van der Waals surface area contributed by atoms with Crippen molar-refractivity contribution in [2.24, 2.45) is 7.05 Å². The van der Waals surface area contributed by atoms with Crippen LogP contribution in [0.4, 0.5) is 13.2 Å². The van der Waals surface area contributed by atoms with Gasteiger partial charge in [0.15, 0.2) is 0 Å². The molecule has 1 aromatic heterocycles. The Balaban J connectivity index is 2.54. The van der Waals surface area contributed by atoms with Gasteiger partial charge in [0.25, 0.3) is 0 Å². The number of aromatic nitrogens is 2. The molecule has 0 saturated heterocycles. The molecule has 1 heterocycles. The van der Waals surface area contributed by atoms with Crippen molar-refractivity contribution in [1.82, 2.24) is 9.78 Å². The first-order chi connectivity index (χ1) is 13.3. The van der Waals surface area contributed by atoms with Gasteiger partial charge in [-0.1, -0.05) is 0 Å². The molecule has 158 valence electrons. The Labute approximate surface area is 170 Å². The molecule has 3 nitrogen and oxygen atoms in total. The molecule has 0 N–H and O–H groups in total. The summed E-state index contributed by atoms with van der Waals surface area (Å²) in [6.07, 6.45) is 2.49. The number of halogens is 3.